The summed E-state index contributed by atoms with van der Waals surface area (Å²) in [5.41, 5.74) is 25.8. The molecule has 0 unspecified atom stereocenters. The molecule has 0 aromatic heterocycles. The minimum atomic E-state index is -2.04. The standard InChI is InChI=1S/C9H13N.C8H10BrN.C8H11N.CH4.CH3.BHNS.Pd/c1-6-4-9(10)5-7(2)8(6)3;1-5-3-7(10)4-6(2)8(5)9;1-6-3-7(2)5-8(9)4-6;;;1-2-3;/h4-5H,10H2,1-3H3;3-4H,10H2,1-2H3;3-5H,9H2,1-2H3;1H4;1H3;3H;/q;;;;-1;;/i3D3;;;;;;. The zero-order valence-corrected chi connectivity index (χ0v) is 25.0. The van der Waals surface area contributed by atoms with Crippen LogP contribution in [0.5, 0.6) is 0 Å². The van der Waals surface area contributed by atoms with Crippen LogP contribution in [0.3, 0.4) is 0 Å². The third-order valence-corrected chi connectivity index (χ3v) is 5.51. The molecule has 0 amide bonds. The molecule has 8 heteroatoms. The zero-order chi connectivity index (χ0) is 27.5. The SMILES string of the molecule is C.Cc1cc(C)cc(N)c1.Cc1cc(N)cc(C)c1Br.[2H]C([2H])([2H])c1c(C)cc(N)cc1C.[B]=NS.[CH3-].[Pd]. The predicted octanol–water partition coefficient (Wildman–Crippen LogP) is 8.00. The van der Waals surface area contributed by atoms with Gasteiger partial charge < -0.3 is 24.6 Å². The molecule has 3 rings (SSSR count). The summed E-state index contributed by atoms with van der Waals surface area (Å²) >= 11 is 6.65. The third-order valence-electron chi connectivity index (χ3n) is 4.26. The number of aryl methyl sites for hydroxylation is 6. The van der Waals surface area contributed by atoms with Gasteiger partial charge in [0.1, 0.15) is 0 Å². The van der Waals surface area contributed by atoms with Gasteiger partial charge in [-0.05, 0) is 124 Å². The van der Waals surface area contributed by atoms with Gasteiger partial charge in [-0.15, -0.1) is 0 Å². The average Bonchev–Trinajstić information content (AvgIpc) is 2.64. The van der Waals surface area contributed by atoms with E-state index in [-0.39, 0.29) is 35.3 Å². The molecule has 0 aliphatic rings. The van der Waals surface area contributed by atoms with Crippen LogP contribution in [0.25, 0.3) is 0 Å². The Morgan fingerprint density at radius 2 is 1.03 bits per heavy atom. The fourth-order valence-corrected chi connectivity index (χ4v) is 3.22. The van der Waals surface area contributed by atoms with Crippen LogP contribution in [0.2, 0.25) is 0 Å². The van der Waals surface area contributed by atoms with Gasteiger partial charge in [0.25, 0.3) is 0 Å². The smallest absolute Gasteiger partial charge is 0 e. The van der Waals surface area contributed by atoms with Crippen molar-refractivity contribution in [1.82, 2.24) is 0 Å². The predicted molar refractivity (Wildman–Crippen MR) is 164 cm³/mol. The van der Waals surface area contributed by atoms with E-state index in [4.69, 9.17) is 21.3 Å². The number of hydrogen-bond acceptors (Lipinski definition) is 5. The number of thiol groups is 1. The molecule has 1 radical (unpaired) electrons. The molecule has 35 heavy (non-hydrogen) atoms. The van der Waals surface area contributed by atoms with Crippen molar-refractivity contribution in [3.05, 3.63) is 93.3 Å². The number of nitrogen functional groups attached to an aromatic ring is 3. The van der Waals surface area contributed by atoms with Gasteiger partial charge >= 0.3 is 24.8 Å². The zero-order valence-electron chi connectivity index (χ0n) is 23.9. The van der Waals surface area contributed by atoms with E-state index in [1.807, 2.05) is 52.0 Å². The van der Waals surface area contributed by atoms with Gasteiger partial charge in [0, 0.05) is 46.1 Å². The maximum atomic E-state index is 7.32. The van der Waals surface area contributed by atoms with Gasteiger partial charge in [-0.1, -0.05) is 29.4 Å². The first kappa shape index (κ1) is 33.4. The molecular formula is C27H42BBrN4PdS-. The molecule has 0 heterocycles. The molecule has 0 aliphatic carbocycles. The molecule has 0 aliphatic heterocycles. The molecule has 4 nitrogen and oxygen atoms in total. The quantitative estimate of drug-likeness (QED) is 0.0857. The average molecular weight is 655 g/mol. The van der Waals surface area contributed by atoms with Crippen molar-refractivity contribution < 1.29 is 24.5 Å². The fourth-order valence-electron chi connectivity index (χ4n) is 2.99. The van der Waals surface area contributed by atoms with Gasteiger partial charge in [0.05, 0.1) is 0 Å². The van der Waals surface area contributed by atoms with E-state index >= 15 is 0 Å². The van der Waals surface area contributed by atoms with Crippen LogP contribution in [-0.2, 0) is 20.4 Å². The van der Waals surface area contributed by atoms with Crippen molar-refractivity contribution in [2.24, 2.45) is 4.30 Å². The van der Waals surface area contributed by atoms with E-state index in [0.29, 0.717) is 11.3 Å². The van der Waals surface area contributed by atoms with Crippen LogP contribution in [0.4, 0.5) is 17.1 Å². The van der Waals surface area contributed by atoms with Crippen LogP contribution in [0.15, 0.2) is 51.2 Å². The van der Waals surface area contributed by atoms with E-state index in [2.05, 4.69) is 46.8 Å². The van der Waals surface area contributed by atoms with Crippen LogP contribution >= 0.6 is 28.7 Å². The monoisotopic (exact) mass is 653 g/mol. The Labute approximate surface area is 247 Å². The summed E-state index contributed by atoms with van der Waals surface area (Å²) in [7, 11) is 4.34. The number of rotatable bonds is 0. The minimum Gasteiger partial charge on any atom is -0.358 e. The second-order valence-electron chi connectivity index (χ2n) is 7.53. The maximum Gasteiger partial charge on any atom is 0 e. The van der Waals surface area contributed by atoms with E-state index in [1.165, 1.54) is 22.3 Å². The van der Waals surface area contributed by atoms with E-state index < -0.39 is 6.85 Å². The van der Waals surface area contributed by atoms with Crippen molar-refractivity contribution in [2.45, 2.75) is 55.8 Å². The summed E-state index contributed by atoms with van der Waals surface area (Å²) in [6.45, 7) is 9.66. The number of anilines is 3. The van der Waals surface area contributed by atoms with Gasteiger partial charge in [-0.3, -0.25) is 0 Å². The number of hydrogen-bond donors (Lipinski definition) is 4. The van der Waals surface area contributed by atoms with Gasteiger partial charge in [0.2, 0.25) is 0 Å². The van der Waals surface area contributed by atoms with Gasteiger partial charge in [-0.25, -0.2) is 0 Å². The van der Waals surface area contributed by atoms with Crippen molar-refractivity contribution in [3.63, 3.8) is 0 Å². The van der Waals surface area contributed by atoms with Crippen LogP contribution in [0, 0.1) is 55.8 Å². The molecule has 3 aromatic rings. The van der Waals surface area contributed by atoms with Gasteiger partial charge in [-0.2, -0.15) is 0 Å². The van der Waals surface area contributed by atoms with Crippen LogP contribution in [-0.4, -0.2) is 7.64 Å². The normalized spacial score (nSPS) is 10.1. The molecule has 0 saturated carbocycles. The maximum absolute atomic E-state index is 7.32. The second-order valence-corrected chi connectivity index (χ2v) is 8.56. The van der Waals surface area contributed by atoms with E-state index in [1.54, 1.807) is 26.0 Å². The topological polar surface area (TPSA) is 90.4 Å². The first-order valence-corrected chi connectivity index (χ1v) is 11.0. The van der Waals surface area contributed by atoms with Gasteiger partial charge in [0.15, 0.2) is 0 Å². The Morgan fingerprint density at radius 3 is 1.31 bits per heavy atom. The van der Waals surface area contributed by atoms with Crippen LogP contribution in [0.1, 0.15) is 50.5 Å². The molecule has 0 fully saturated rings. The second kappa shape index (κ2) is 20.6. The first-order chi connectivity index (χ1) is 16.0. The summed E-state index contributed by atoms with van der Waals surface area (Å²) < 4.78 is 25.8. The van der Waals surface area contributed by atoms with Crippen LogP contribution < -0.4 is 17.2 Å². The first-order valence-electron chi connectivity index (χ1n) is 11.3. The fraction of sp³-hybridized carbons (Fsp3) is 0.296. The number of halogens is 1. The summed E-state index contributed by atoms with van der Waals surface area (Å²) in [5, 5.41) is 0. The summed E-state index contributed by atoms with van der Waals surface area (Å²) in [4.78, 5) is 0. The Balaban J connectivity index is -0.000000212. The molecule has 0 saturated heterocycles. The molecule has 0 spiro atoms. The number of benzene rings is 3. The molecule has 3 aromatic carbocycles. The summed E-state index contributed by atoms with van der Waals surface area (Å²) in [6, 6.07) is 13.3. The third kappa shape index (κ3) is 16.7. The molecule has 0 atom stereocenters. The van der Waals surface area contributed by atoms with E-state index in [0.717, 1.165) is 27.0 Å². The Kier molecular flexibility index (Phi) is 19.7. The molecular weight excluding hydrogens is 610 g/mol. The largest absolute Gasteiger partial charge is 0.358 e. The summed E-state index contributed by atoms with van der Waals surface area (Å²) in [5.74, 6) is 0. The number of nitrogens with two attached hydrogens (primary N) is 3. The van der Waals surface area contributed by atoms with Crippen molar-refractivity contribution >= 4 is 53.4 Å². The number of nitrogens with zero attached hydrogens (tertiary/aromatic N) is 1. The molecule has 0 bridgehead atoms. The molecule has 197 valence electrons. The minimum absolute atomic E-state index is 0. The Morgan fingerprint density at radius 1 is 0.743 bits per heavy atom. The van der Waals surface area contributed by atoms with Crippen molar-refractivity contribution in [3.8, 4) is 0 Å². The van der Waals surface area contributed by atoms with Crippen molar-refractivity contribution in [2.75, 3.05) is 17.2 Å². The van der Waals surface area contributed by atoms with E-state index in [9.17, 15) is 0 Å². The summed E-state index contributed by atoms with van der Waals surface area (Å²) in [6.07, 6.45) is 0. The Hall–Kier alpha value is -1.58. The molecule has 6 N–H and O–H groups in total. The van der Waals surface area contributed by atoms with Crippen molar-refractivity contribution in [1.29, 1.82) is 0 Å². The Bertz CT molecular complexity index is 1050.